The second kappa shape index (κ2) is 5.93. The molecule has 2 aromatic carbocycles. The Bertz CT molecular complexity index is 858. The van der Waals surface area contributed by atoms with Gasteiger partial charge in [-0.05, 0) is 23.8 Å². The third-order valence-electron chi connectivity index (χ3n) is 3.83. The maximum absolute atomic E-state index is 12.1. The molecule has 5 heteroatoms. The fourth-order valence-corrected chi connectivity index (χ4v) is 3.76. The standard InChI is InChI=1S/C18H16N2O2S/c21-18-17-16(19-8-9-20-18)14-10-13(6-7-15(14)23-17)22-11-12-4-2-1-3-5-12/h1-7,10,19H,8-9,11H2,(H,20,21). The number of rotatable bonds is 3. The van der Waals surface area contributed by atoms with Crippen molar-refractivity contribution < 1.29 is 9.53 Å². The van der Waals surface area contributed by atoms with Crippen molar-refractivity contribution in [2.24, 2.45) is 0 Å². The number of nitrogens with one attached hydrogen (secondary N) is 2. The second-order valence-electron chi connectivity index (χ2n) is 5.42. The Morgan fingerprint density at radius 1 is 1.04 bits per heavy atom. The van der Waals surface area contributed by atoms with Crippen molar-refractivity contribution in [3.05, 3.63) is 59.0 Å². The summed E-state index contributed by atoms with van der Waals surface area (Å²) in [7, 11) is 0. The predicted octanol–water partition coefficient (Wildman–Crippen LogP) is 3.64. The van der Waals surface area contributed by atoms with E-state index in [9.17, 15) is 4.79 Å². The molecule has 1 aliphatic heterocycles. The van der Waals surface area contributed by atoms with E-state index in [-0.39, 0.29) is 5.91 Å². The summed E-state index contributed by atoms with van der Waals surface area (Å²) in [6.45, 7) is 1.91. The first-order valence-electron chi connectivity index (χ1n) is 7.56. The van der Waals surface area contributed by atoms with Crippen LogP contribution in [0.4, 0.5) is 5.69 Å². The van der Waals surface area contributed by atoms with Gasteiger partial charge >= 0.3 is 0 Å². The molecule has 0 saturated heterocycles. The third-order valence-corrected chi connectivity index (χ3v) is 5.00. The van der Waals surface area contributed by atoms with Crippen LogP contribution < -0.4 is 15.4 Å². The quantitative estimate of drug-likeness (QED) is 0.773. The van der Waals surface area contributed by atoms with Crippen LogP contribution in [0.2, 0.25) is 0 Å². The number of hydrogen-bond donors (Lipinski definition) is 2. The molecule has 0 bridgehead atoms. The highest BCUT2D eigenvalue weighted by atomic mass is 32.1. The van der Waals surface area contributed by atoms with E-state index in [1.54, 1.807) is 0 Å². The molecule has 1 amide bonds. The van der Waals surface area contributed by atoms with E-state index in [0.717, 1.165) is 38.5 Å². The van der Waals surface area contributed by atoms with Crippen molar-refractivity contribution >= 4 is 33.0 Å². The number of thiophene rings is 1. The van der Waals surface area contributed by atoms with Crippen LogP contribution in [-0.2, 0) is 6.61 Å². The summed E-state index contributed by atoms with van der Waals surface area (Å²) in [6.07, 6.45) is 0. The summed E-state index contributed by atoms with van der Waals surface area (Å²) in [5.74, 6) is 0.811. The molecule has 2 N–H and O–H groups in total. The minimum absolute atomic E-state index is 0.00189. The van der Waals surface area contributed by atoms with E-state index in [4.69, 9.17) is 4.74 Å². The minimum atomic E-state index is -0.00189. The Morgan fingerprint density at radius 2 is 1.87 bits per heavy atom. The summed E-state index contributed by atoms with van der Waals surface area (Å²) < 4.78 is 6.98. The number of benzene rings is 2. The molecule has 116 valence electrons. The Morgan fingerprint density at radius 3 is 2.74 bits per heavy atom. The highest BCUT2D eigenvalue weighted by molar-refractivity contribution is 7.21. The maximum Gasteiger partial charge on any atom is 0.263 e. The lowest BCUT2D eigenvalue weighted by molar-refractivity contribution is 0.0962. The number of carbonyl (C=O) groups excluding carboxylic acids is 1. The summed E-state index contributed by atoms with van der Waals surface area (Å²) >= 11 is 1.51. The van der Waals surface area contributed by atoms with E-state index in [0.29, 0.717) is 13.2 Å². The third kappa shape index (κ3) is 2.75. The van der Waals surface area contributed by atoms with Gasteiger partial charge in [-0.15, -0.1) is 11.3 Å². The smallest absolute Gasteiger partial charge is 0.263 e. The fourth-order valence-electron chi connectivity index (χ4n) is 2.69. The Labute approximate surface area is 138 Å². The average molecular weight is 324 g/mol. The van der Waals surface area contributed by atoms with E-state index in [1.165, 1.54) is 11.3 Å². The first-order valence-corrected chi connectivity index (χ1v) is 8.38. The van der Waals surface area contributed by atoms with Crippen molar-refractivity contribution in [3.8, 4) is 5.75 Å². The summed E-state index contributed by atoms with van der Waals surface area (Å²) in [4.78, 5) is 12.8. The maximum atomic E-state index is 12.1. The molecule has 0 radical (unpaired) electrons. The van der Waals surface area contributed by atoms with Crippen LogP contribution in [0.1, 0.15) is 15.2 Å². The van der Waals surface area contributed by atoms with Crippen molar-refractivity contribution in [1.82, 2.24) is 5.32 Å². The van der Waals surface area contributed by atoms with Crippen molar-refractivity contribution in [1.29, 1.82) is 0 Å². The fraction of sp³-hybridized carbons (Fsp3) is 0.167. The highest BCUT2D eigenvalue weighted by Gasteiger charge is 2.20. The van der Waals surface area contributed by atoms with Gasteiger partial charge < -0.3 is 15.4 Å². The second-order valence-corrected chi connectivity index (χ2v) is 6.47. The van der Waals surface area contributed by atoms with E-state index in [1.807, 2.05) is 48.5 Å². The highest BCUT2D eigenvalue weighted by Crippen LogP contribution is 2.38. The molecular formula is C18H16N2O2S. The van der Waals surface area contributed by atoms with Crippen LogP contribution in [0.15, 0.2) is 48.5 Å². The number of anilines is 1. The average Bonchev–Trinajstić information content (AvgIpc) is 2.85. The van der Waals surface area contributed by atoms with E-state index < -0.39 is 0 Å². The van der Waals surface area contributed by atoms with Crippen molar-refractivity contribution in [3.63, 3.8) is 0 Å². The molecule has 2 heterocycles. The zero-order chi connectivity index (χ0) is 15.6. The van der Waals surface area contributed by atoms with Gasteiger partial charge in [0.05, 0.1) is 5.69 Å². The normalized spacial score (nSPS) is 13.8. The zero-order valence-electron chi connectivity index (χ0n) is 12.5. The molecule has 23 heavy (non-hydrogen) atoms. The number of carbonyl (C=O) groups is 1. The SMILES string of the molecule is O=C1NCCNc2c1sc1ccc(OCc3ccccc3)cc21. The molecule has 0 unspecified atom stereocenters. The van der Waals surface area contributed by atoms with Gasteiger partial charge in [-0.2, -0.15) is 0 Å². The van der Waals surface area contributed by atoms with E-state index in [2.05, 4.69) is 10.6 Å². The molecule has 4 nitrogen and oxygen atoms in total. The summed E-state index contributed by atoms with van der Waals surface area (Å²) in [5.41, 5.74) is 2.06. The Hall–Kier alpha value is -2.53. The molecule has 0 saturated carbocycles. The first kappa shape index (κ1) is 14.1. The van der Waals surface area contributed by atoms with Gasteiger partial charge in [-0.1, -0.05) is 30.3 Å². The van der Waals surface area contributed by atoms with Crippen LogP contribution in [0.5, 0.6) is 5.75 Å². The summed E-state index contributed by atoms with van der Waals surface area (Å²) in [6, 6.07) is 16.1. The Balaban J connectivity index is 1.65. The molecule has 1 aliphatic rings. The molecule has 1 aromatic heterocycles. The lowest BCUT2D eigenvalue weighted by atomic mass is 10.2. The minimum Gasteiger partial charge on any atom is -0.489 e. The van der Waals surface area contributed by atoms with Crippen LogP contribution >= 0.6 is 11.3 Å². The lowest BCUT2D eigenvalue weighted by Crippen LogP contribution is -2.24. The topological polar surface area (TPSA) is 50.4 Å². The van der Waals surface area contributed by atoms with Gasteiger partial charge in [-0.25, -0.2) is 0 Å². The molecule has 3 aromatic rings. The first-order chi connectivity index (χ1) is 11.3. The zero-order valence-corrected chi connectivity index (χ0v) is 13.3. The van der Waals surface area contributed by atoms with Crippen LogP contribution in [0.3, 0.4) is 0 Å². The van der Waals surface area contributed by atoms with Crippen molar-refractivity contribution in [2.75, 3.05) is 18.4 Å². The largest absolute Gasteiger partial charge is 0.489 e. The van der Waals surface area contributed by atoms with Gasteiger partial charge in [0, 0.05) is 23.2 Å². The van der Waals surface area contributed by atoms with Gasteiger partial charge in [-0.3, -0.25) is 4.79 Å². The van der Waals surface area contributed by atoms with Crippen LogP contribution in [0, 0.1) is 0 Å². The molecule has 0 spiro atoms. The Kier molecular flexibility index (Phi) is 3.63. The number of hydrogen-bond acceptors (Lipinski definition) is 4. The van der Waals surface area contributed by atoms with Crippen molar-refractivity contribution in [2.45, 2.75) is 6.61 Å². The van der Waals surface area contributed by atoms with Crippen LogP contribution in [-0.4, -0.2) is 19.0 Å². The monoisotopic (exact) mass is 324 g/mol. The summed E-state index contributed by atoms with van der Waals surface area (Å²) in [5, 5.41) is 7.30. The lowest BCUT2D eigenvalue weighted by Gasteiger charge is -2.07. The molecule has 0 aliphatic carbocycles. The van der Waals surface area contributed by atoms with E-state index >= 15 is 0 Å². The van der Waals surface area contributed by atoms with Gasteiger partial charge in [0.2, 0.25) is 0 Å². The number of ether oxygens (including phenoxy) is 1. The number of amides is 1. The van der Waals surface area contributed by atoms with Gasteiger partial charge in [0.25, 0.3) is 5.91 Å². The molecular weight excluding hydrogens is 308 g/mol. The number of fused-ring (bicyclic) bond motifs is 3. The van der Waals surface area contributed by atoms with Gasteiger partial charge in [0.1, 0.15) is 17.2 Å². The van der Waals surface area contributed by atoms with Crippen LogP contribution in [0.25, 0.3) is 10.1 Å². The predicted molar refractivity (Wildman–Crippen MR) is 93.4 cm³/mol. The molecule has 0 fully saturated rings. The van der Waals surface area contributed by atoms with Gasteiger partial charge in [0.15, 0.2) is 0 Å². The molecule has 4 rings (SSSR count). The molecule has 0 atom stereocenters.